The molecule has 0 radical (unpaired) electrons. The summed E-state index contributed by atoms with van der Waals surface area (Å²) in [6.45, 7) is 10.5. The zero-order chi connectivity index (χ0) is 20.9. The Morgan fingerprint density at radius 2 is 1.55 bits per heavy atom. The summed E-state index contributed by atoms with van der Waals surface area (Å²) in [4.78, 5) is 17.8. The van der Waals surface area contributed by atoms with Crippen molar-refractivity contribution in [2.24, 2.45) is 0 Å². The van der Waals surface area contributed by atoms with Crippen LogP contribution in [0.25, 0.3) is 0 Å². The third kappa shape index (κ3) is 7.60. The molecule has 5 nitrogen and oxygen atoms in total. The largest absolute Gasteiger partial charge is 0.495 e. The monoisotopic (exact) mass is 467 g/mol. The maximum absolute atomic E-state index is 13.0. The van der Waals surface area contributed by atoms with Gasteiger partial charge in [0.2, 0.25) is 5.91 Å². The number of carbonyl (C=O) groups is 1. The molecule has 0 bridgehead atoms. The van der Waals surface area contributed by atoms with Crippen molar-refractivity contribution >= 4 is 36.4 Å². The minimum atomic E-state index is -0.243. The van der Waals surface area contributed by atoms with Gasteiger partial charge in [-0.1, -0.05) is 42.5 Å². The maximum atomic E-state index is 13.0. The van der Waals surface area contributed by atoms with E-state index in [-0.39, 0.29) is 42.2 Å². The molecule has 0 unspecified atom stereocenters. The van der Waals surface area contributed by atoms with E-state index in [2.05, 4.69) is 33.3 Å². The molecule has 0 spiro atoms. The number of para-hydroxylation sites is 2. The van der Waals surface area contributed by atoms with Gasteiger partial charge in [-0.25, -0.2) is 0 Å². The van der Waals surface area contributed by atoms with Gasteiger partial charge < -0.3 is 15.0 Å². The predicted octanol–water partition coefficient (Wildman–Crippen LogP) is 4.36. The van der Waals surface area contributed by atoms with Crippen molar-refractivity contribution in [3.63, 3.8) is 0 Å². The van der Waals surface area contributed by atoms with Crippen molar-refractivity contribution in [2.45, 2.75) is 32.2 Å². The molecule has 1 N–H and O–H groups in total. The molecule has 1 fully saturated rings. The van der Waals surface area contributed by atoms with Crippen LogP contribution in [0.5, 0.6) is 5.75 Å². The van der Waals surface area contributed by atoms with E-state index in [0.29, 0.717) is 0 Å². The Bertz CT molecular complexity index is 804. The predicted molar refractivity (Wildman–Crippen MR) is 133 cm³/mol. The van der Waals surface area contributed by atoms with E-state index in [9.17, 15) is 4.79 Å². The number of hydrogen-bond acceptors (Lipinski definition) is 4. The van der Waals surface area contributed by atoms with E-state index in [1.807, 2.05) is 57.2 Å². The number of nitrogens with one attached hydrogen (secondary N) is 1. The van der Waals surface area contributed by atoms with Crippen LogP contribution in [0.2, 0.25) is 0 Å². The molecule has 1 aliphatic rings. The number of rotatable bonds is 6. The molecule has 7 heteroatoms. The van der Waals surface area contributed by atoms with Gasteiger partial charge in [-0.3, -0.25) is 9.69 Å². The Morgan fingerprint density at radius 3 is 2.13 bits per heavy atom. The molecule has 3 rings (SSSR count). The number of ether oxygens (including phenoxy) is 1. The highest BCUT2D eigenvalue weighted by atomic mass is 35.5. The first-order valence-corrected chi connectivity index (χ1v) is 10.3. The van der Waals surface area contributed by atoms with Crippen molar-refractivity contribution < 1.29 is 9.53 Å². The Morgan fingerprint density at radius 1 is 0.968 bits per heavy atom. The summed E-state index contributed by atoms with van der Waals surface area (Å²) in [6, 6.07) is 18.3. The summed E-state index contributed by atoms with van der Waals surface area (Å²) < 4.78 is 5.52. The fraction of sp³-hybridized carbons (Fsp3) is 0.458. The van der Waals surface area contributed by atoms with E-state index in [1.54, 1.807) is 7.11 Å². The quantitative estimate of drug-likeness (QED) is 0.685. The molecule has 2 aromatic rings. The molecule has 1 amide bonds. The zero-order valence-electron chi connectivity index (χ0n) is 18.8. The summed E-state index contributed by atoms with van der Waals surface area (Å²) in [7, 11) is 1.72. The van der Waals surface area contributed by atoms with Gasteiger partial charge in [0.15, 0.2) is 0 Å². The number of anilines is 1. The fourth-order valence-corrected chi connectivity index (χ4v) is 3.80. The highest BCUT2D eigenvalue weighted by Gasteiger charge is 2.28. The topological polar surface area (TPSA) is 44.8 Å². The minimum absolute atomic E-state index is 0. The van der Waals surface area contributed by atoms with Gasteiger partial charge in [-0.15, -0.1) is 24.8 Å². The Balaban J connectivity index is 0.00000240. The second-order valence-electron chi connectivity index (χ2n) is 8.66. The van der Waals surface area contributed by atoms with Crippen molar-refractivity contribution in [1.29, 1.82) is 0 Å². The minimum Gasteiger partial charge on any atom is -0.495 e. The smallest absolute Gasteiger partial charge is 0.229 e. The lowest BCUT2D eigenvalue weighted by atomic mass is 9.95. The van der Waals surface area contributed by atoms with Gasteiger partial charge in [0, 0.05) is 38.3 Å². The van der Waals surface area contributed by atoms with Crippen molar-refractivity contribution in [3.8, 4) is 5.75 Å². The molecule has 1 saturated heterocycles. The van der Waals surface area contributed by atoms with E-state index in [1.165, 1.54) is 0 Å². The molecular weight excluding hydrogens is 433 g/mol. The molecule has 1 aliphatic heterocycles. The van der Waals surface area contributed by atoms with Crippen molar-refractivity contribution in [2.75, 3.05) is 44.7 Å². The van der Waals surface area contributed by atoms with Crippen LogP contribution in [-0.2, 0) is 4.79 Å². The highest BCUT2D eigenvalue weighted by molar-refractivity contribution is 5.86. The van der Waals surface area contributed by atoms with Gasteiger partial charge in [-0.2, -0.15) is 0 Å². The number of piperazine rings is 1. The van der Waals surface area contributed by atoms with Gasteiger partial charge in [0.05, 0.1) is 18.7 Å². The lowest BCUT2D eigenvalue weighted by Gasteiger charge is -2.38. The second kappa shape index (κ2) is 12.2. The SMILES string of the molecule is COc1ccccc1N1CCN(C[C@H](C(=O)NC(C)(C)C)c2ccccc2)CC1.Cl.Cl. The lowest BCUT2D eigenvalue weighted by Crippen LogP contribution is -2.50. The molecule has 1 atom stereocenters. The Labute approximate surface area is 199 Å². The summed E-state index contributed by atoms with van der Waals surface area (Å²) in [6.07, 6.45) is 0. The first-order chi connectivity index (χ1) is 13.9. The molecule has 0 aliphatic carbocycles. The van der Waals surface area contributed by atoms with Crippen molar-refractivity contribution in [3.05, 3.63) is 60.2 Å². The van der Waals surface area contributed by atoms with Crippen LogP contribution in [0, 0.1) is 0 Å². The molecule has 1 heterocycles. The van der Waals surface area contributed by atoms with E-state index >= 15 is 0 Å². The summed E-state index contributed by atoms with van der Waals surface area (Å²) >= 11 is 0. The number of carbonyl (C=O) groups excluding carboxylic acids is 1. The standard InChI is InChI=1S/C24H33N3O2.2ClH/c1-24(2,3)25-23(28)20(19-10-6-5-7-11-19)18-26-14-16-27(17-15-26)21-12-8-9-13-22(21)29-4;;/h5-13,20H,14-18H2,1-4H3,(H,25,28);2*1H/t20-;;/m0../s1. The molecule has 31 heavy (non-hydrogen) atoms. The number of methoxy groups -OCH3 is 1. The second-order valence-corrected chi connectivity index (χ2v) is 8.66. The zero-order valence-corrected chi connectivity index (χ0v) is 20.5. The van der Waals surface area contributed by atoms with E-state index in [0.717, 1.165) is 49.7 Å². The van der Waals surface area contributed by atoms with Gasteiger partial charge in [-0.05, 0) is 38.5 Å². The number of hydrogen-bond donors (Lipinski definition) is 1. The molecular formula is C24H35Cl2N3O2. The average Bonchev–Trinajstić information content (AvgIpc) is 2.72. The number of benzene rings is 2. The van der Waals surface area contributed by atoms with Crippen LogP contribution < -0.4 is 15.0 Å². The maximum Gasteiger partial charge on any atom is 0.229 e. The van der Waals surface area contributed by atoms with Crippen LogP contribution in [0.1, 0.15) is 32.3 Å². The summed E-state index contributed by atoms with van der Waals surface area (Å²) in [5.74, 6) is 0.830. The molecule has 0 saturated carbocycles. The van der Waals surface area contributed by atoms with E-state index < -0.39 is 0 Å². The number of nitrogens with zero attached hydrogens (tertiary/aromatic N) is 2. The normalized spacial score (nSPS) is 15.3. The third-order valence-electron chi connectivity index (χ3n) is 5.26. The summed E-state index contributed by atoms with van der Waals surface area (Å²) in [5, 5.41) is 3.16. The Hall–Kier alpha value is -1.95. The van der Waals surface area contributed by atoms with Gasteiger partial charge >= 0.3 is 0 Å². The van der Waals surface area contributed by atoms with E-state index in [4.69, 9.17) is 4.74 Å². The van der Waals surface area contributed by atoms with Crippen LogP contribution in [0.4, 0.5) is 5.69 Å². The number of halogens is 2. The van der Waals surface area contributed by atoms with Gasteiger partial charge in [0.1, 0.15) is 5.75 Å². The van der Waals surface area contributed by atoms with Crippen LogP contribution in [0.15, 0.2) is 54.6 Å². The molecule has 2 aromatic carbocycles. The fourth-order valence-electron chi connectivity index (χ4n) is 3.80. The van der Waals surface area contributed by atoms with Crippen LogP contribution in [0.3, 0.4) is 0 Å². The average molecular weight is 468 g/mol. The lowest BCUT2D eigenvalue weighted by molar-refractivity contribution is -0.124. The highest BCUT2D eigenvalue weighted by Crippen LogP contribution is 2.29. The Kier molecular flexibility index (Phi) is 10.6. The molecule has 0 aromatic heterocycles. The molecule has 172 valence electrons. The summed E-state index contributed by atoms with van der Waals surface area (Å²) in [5.41, 5.74) is 1.97. The van der Waals surface area contributed by atoms with Crippen LogP contribution >= 0.6 is 24.8 Å². The van der Waals surface area contributed by atoms with Crippen molar-refractivity contribution in [1.82, 2.24) is 10.2 Å². The van der Waals surface area contributed by atoms with Crippen LogP contribution in [-0.4, -0.2) is 56.2 Å². The first kappa shape index (κ1) is 27.1. The number of amides is 1. The first-order valence-electron chi connectivity index (χ1n) is 10.3. The third-order valence-corrected chi connectivity index (χ3v) is 5.26. The van der Waals surface area contributed by atoms with Gasteiger partial charge in [0.25, 0.3) is 0 Å².